The summed E-state index contributed by atoms with van der Waals surface area (Å²) in [6, 6.07) is 12.4. The van der Waals surface area contributed by atoms with E-state index in [9.17, 15) is 5.11 Å². The van der Waals surface area contributed by atoms with E-state index in [1.54, 1.807) is 0 Å². The van der Waals surface area contributed by atoms with Crippen LogP contribution in [0.2, 0.25) is 0 Å². The predicted molar refractivity (Wildman–Crippen MR) is 59.2 cm³/mol. The van der Waals surface area contributed by atoms with Gasteiger partial charge in [-0.2, -0.15) is 0 Å². The molecule has 2 aromatic rings. The van der Waals surface area contributed by atoms with Gasteiger partial charge >= 0.3 is 0 Å². The Morgan fingerprint density at radius 3 is 2.57 bits per heavy atom. The molecule has 0 radical (unpaired) electrons. The standard InChI is InChI=1S/C13H14O/c1-2-12-11(9-14)8-7-10-5-3-4-6-13(10)12/h3-8,14H,2,9H2,1H3. The molecule has 0 heterocycles. The Bertz CT molecular complexity index is 446. The summed E-state index contributed by atoms with van der Waals surface area (Å²) >= 11 is 0. The van der Waals surface area contributed by atoms with Gasteiger partial charge in [0, 0.05) is 0 Å². The quantitative estimate of drug-likeness (QED) is 0.764. The highest BCUT2D eigenvalue weighted by Crippen LogP contribution is 2.22. The van der Waals surface area contributed by atoms with E-state index in [1.807, 2.05) is 18.2 Å². The van der Waals surface area contributed by atoms with Crippen LogP contribution in [-0.4, -0.2) is 5.11 Å². The van der Waals surface area contributed by atoms with Crippen LogP contribution in [0.5, 0.6) is 0 Å². The van der Waals surface area contributed by atoms with E-state index in [1.165, 1.54) is 16.3 Å². The number of hydrogen-bond donors (Lipinski definition) is 1. The highest BCUT2D eigenvalue weighted by Gasteiger charge is 2.03. The first kappa shape index (κ1) is 9.22. The van der Waals surface area contributed by atoms with Crippen LogP contribution >= 0.6 is 0 Å². The molecule has 1 heteroatoms. The first-order valence-electron chi connectivity index (χ1n) is 4.97. The average molecular weight is 186 g/mol. The van der Waals surface area contributed by atoms with Gasteiger partial charge in [-0.25, -0.2) is 0 Å². The molecule has 0 aromatic heterocycles. The molecule has 2 aromatic carbocycles. The largest absolute Gasteiger partial charge is 0.392 e. The fourth-order valence-corrected chi connectivity index (χ4v) is 1.95. The van der Waals surface area contributed by atoms with E-state index in [0.717, 1.165) is 12.0 Å². The molecule has 0 atom stereocenters. The van der Waals surface area contributed by atoms with Crippen LogP contribution in [0.25, 0.3) is 10.8 Å². The van der Waals surface area contributed by atoms with Gasteiger partial charge in [-0.3, -0.25) is 0 Å². The van der Waals surface area contributed by atoms with E-state index in [-0.39, 0.29) is 6.61 Å². The molecule has 1 N–H and O–H groups in total. The third kappa shape index (κ3) is 1.40. The fraction of sp³-hybridized carbons (Fsp3) is 0.231. The van der Waals surface area contributed by atoms with Crippen LogP contribution in [0.15, 0.2) is 36.4 Å². The zero-order valence-corrected chi connectivity index (χ0v) is 8.33. The molecular formula is C13H14O. The minimum atomic E-state index is 0.133. The summed E-state index contributed by atoms with van der Waals surface area (Å²) in [5.41, 5.74) is 2.32. The fourth-order valence-electron chi connectivity index (χ4n) is 1.95. The second-order valence-electron chi connectivity index (χ2n) is 3.44. The number of aryl methyl sites for hydroxylation is 1. The zero-order chi connectivity index (χ0) is 9.97. The van der Waals surface area contributed by atoms with Crippen molar-refractivity contribution in [2.24, 2.45) is 0 Å². The molecule has 1 nitrogen and oxygen atoms in total. The van der Waals surface area contributed by atoms with Gasteiger partial charge in [0.2, 0.25) is 0 Å². The summed E-state index contributed by atoms with van der Waals surface area (Å²) in [5.74, 6) is 0. The Balaban J connectivity index is 2.77. The van der Waals surface area contributed by atoms with Crippen molar-refractivity contribution in [3.05, 3.63) is 47.5 Å². The Labute approximate surface area is 84.0 Å². The molecule has 2 rings (SSSR count). The summed E-state index contributed by atoms with van der Waals surface area (Å²) in [5, 5.41) is 11.7. The van der Waals surface area contributed by atoms with Crippen molar-refractivity contribution in [2.75, 3.05) is 0 Å². The maximum Gasteiger partial charge on any atom is 0.0684 e. The third-order valence-electron chi connectivity index (χ3n) is 2.66. The second-order valence-corrected chi connectivity index (χ2v) is 3.44. The minimum absolute atomic E-state index is 0.133. The molecule has 72 valence electrons. The first-order valence-corrected chi connectivity index (χ1v) is 4.97. The molecule has 14 heavy (non-hydrogen) atoms. The molecule has 0 spiro atoms. The van der Waals surface area contributed by atoms with E-state index in [4.69, 9.17) is 0 Å². The number of fused-ring (bicyclic) bond motifs is 1. The summed E-state index contributed by atoms with van der Waals surface area (Å²) in [7, 11) is 0. The monoisotopic (exact) mass is 186 g/mol. The molecule has 0 unspecified atom stereocenters. The van der Waals surface area contributed by atoms with E-state index in [2.05, 4.69) is 25.1 Å². The van der Waals surface area contributed by atoms with Gasteiger partial charge in [-0.15, -0.1) is 0 Å². The minimum Gasteiger partial charge on any atom is -0.392 e. The van der Waals surface area contributed by atoms with E-state index >= 15 is 0 Å². The smallest absolute Gasteiger partial charge is 0.0684 e. The van der Waals surface area contributed by atoms with Gasteiger partial charge < -0.3 is 5.11 Å². The molecule has 0 fully saturated rings. The second kappa shape index (κ2) is 3.81. The summed E-state index contributed by atoms with van der Waals surface area (Å²) in [6.45, 7) is 2.26. The topological polar surface area (TPSA) is 20.2 Å². The molecule has 0 bridgehead atoms. The van der Waals surface area contributed by atoms with Crippen LogP contribution in [-0.2, 0) is 13.0 Å². The van der Waals surface area contributed by atoms with Gasteiger partial charge in [0.1, 0.15) is 0 Å². The maximum absolute atomic E-state index is 9.21. The van der Waals surface area contributed by atoms with Gasteiger partial charge in [0.05, 0.1) is 6.61 Å². The lowest BCUT2D eigenvalue weighted by molar-refractivity contribution is 0.281. The Morgan fingerprint density at radius 1 is 1.07 bits per heavy atom. The lowest BCUT2D eigenvalue weighted by atomic mass is 9.97. The van der Waals surface area contributed by atoms with Crippen molar-refractivity contribution in [1.29, 1.82) is 0 Å². The first-order chi connectivity index (χ1) is 6.86. The van der Waals surface area contributed by atoms with E-state index < -0.39 is 0 Å². The number of rotatable bonds is 2. The van der Waals surface area contributed by atoms with Crippen molar-refractivity contribution in [3.63, 3.8) is 0 Å². The normalized spacial score (nSPS) is 10.7. The Kier molecular flexibility index (Phi) is 2.51. The number of hydrogen-bond acceptors (Lipinski definition) is 1. The average Bonchev–Trinajstić information content (AvgIpc) is 2.27. The van der Waals surface area contributed by atoms with Crippen molar-refractivity contribution in [2.45, 2.75) is 20.0 Å². The summed E-state index contributed by atoms with van der Waals surface area (Å²) in [6.07, 6.45) is 0.969. The third-order valence-corrected chi connectivity index (χ3v) is 2.66. The van der Waals surface area contributed by atoms with E-state index in [0.29, 0.717) is 0 Å². The number of benzene rings is 2. The van der Waals surface area contributed by atoms with Gasteiger partial charge in [-0.1, -0.05) is 43.3 Å². The highest BCUT2D eigenvalue weighted by molar-refractivity contribution is 5.86. The zero-order valence-electron chi connectivity index (χ0n) is 8.33. The number of aliphatic hydroxyl groups excluding tert-OH is 1. The van der Waals surface area contributed by atoms with Crippen molar-refractivity contribution >= 4 is 10.8 Å². The molecule has 0 aliphatic rings. The molecular weight excluding hydrogens is 172 g/mol. The van der Waals surface area contributed by atoms with Crippen LogP contribution in [0, 0.1) is 0 Å². The van der Waals surface area contributed by atoms with Crippen molar-refractivity contribution in [3.8, 4) is 0 Å². The van der Waals surface area contributed by atoms with Gasteiger partial charge in [-0.05, 0) is 28.3 Å². The van der Waals surface area contributed by atoms with Crippen molar-refractivity contribution in [1.82, 2.24) is 0 Å². The summed E-state index contributed by atoms with van der Waals surface area (Å²) in [4.78, 5) is 0. The molecule has 0 aliphatic carbocycles. The Hall–Kier alpha value is -1.34. The molecule has 0 aliphatic heterocycles. The maximum atomic E-state index is 9.21. The predicted octanol–water partition coefficient (Wildman–Crippen LogP) is 2.89. The molecule has 0 amide bonds. The lowest BCUT2D eigenvalue weighted by Gasteiger charge is -2.09. The SMILES string of the molecule is CCc1c(CO)ccc2ccccc12. The molecule has 0 saturated heterocycles. The van der Waals surface area contributed by atoms with Crippen LogP contribution in [0.4, 0.5) is 0 Å². The summed E-state index contributed by atoms with van der Waals surface area (Å²) < 4.78 is 0. The lowest BCUT2D eigenvalue weighted by Crippen LogP contribution is -1.93. The van der Waals surface area contributed by atoms with Gasteiger partial charge in [0.25, 0.3) is 0 Å². The van der Waals surface area contributed by atoms with Gasteiger partial charge in [0.15, 0.2) is 0 Å². The van der Waals surface area contributed by atoms with Crippen LogP contribution < -0.4 is 0 Å². The molecule has 0 saturated carbocycles. The van der Waals surface area contributed by atoms with Crippen LogP contribution in [0.3, 0.4) is 0 Å². The van der Waals surface area contributed by atoms with Crippen LogP contribution in [0.1, 0.15) is 18.1 Å². The Morgan fingerprint density at radius 2 is 1.86 bits per heavy atom. The van der Waals surface area contributed by atoms with Crippen molar-refractivity contribution < 1.29 is 5.11 Å². The highest BCUT2D eigenvalue weighted by atomic mass is 16.3. The number of aliphatic hydroxyl groups is 1.